The standard InChI is InChI=1S/C18H17NSe/c1-14-5-9-16(10-6-14)19(18-4-3-13-20-18)17-11-7-15(2)8-12-17/h3-13H,1-2H3. The van der Waals surface area contributed by atoms with Crippen LogP contribution in [0.15, 0.2) is 65.6 Å². The zero-order chi connectivity index (χ0) is 13.9. The molecule has 100 valence electrons. The number of nitrogens with zero attached hydrogens (tertiary/aromatic N) is 1. The quantitative estimate of drug-likeness (QED) is 0.623. The Balaban J connectivity index is 2.09. The molecule has 0 unspecified atom stereocenters. The van der Waals surface area contributed by atoms with Crippen molar-refractivity contribution >= 4 is 30.4 Å². The second-order valence-electron chi connectivity index (χ2n) is 4.96. The Morgan fingerprint density at radius 2 is 1.20 bits per heavy atom. The van der Waals surface area contributed by atoms with E-state index in [1.807, 2.05) is 0 Å². The van der Waals surface area contributed by atoms with Crippen molar-refractivity contribution in [2.75, 3.05) is 4.90 Å². The van der Waals surface area contributed by atoms with Crippen LogP contribution in [0.1, 0.15) is 11.1 Å². The molecule has 0 spiro atoms. The van der Waals surface area contributed by atoms with E-state index in [0.717, 1.165) is 0 Å². The molecule has 3 rings (SSSR count). The molecule has 0 aliphatic heterocycles. The molecule has 0 saturated carbocycles. The van der Waals surface area contributed by atoms with Gasteiger partial charge in [0.2, 0.25) is 0 Å². The molecule has 0 bridgehead atoms. The van der Waals surface area contributed by atoms with Crippen molar-refractivity contribution in [2.45, 2.75) is 13.8 Å². The molecule has 1 aromatic heterocycles. The molecular formula is C18H17NSe. The molecule has 0 aliphatic rings. The average molecular weight is 326 g/mol. The van der Waals surface area contributed by atoms with Gasteiger partial charge in [0.15, 0.2) is 0 Å². The average Bonchev–Trinajstić information content (AvgIpc) is 2.97. The van der Waals surface area contributed by atoms with E-state index in [1.165, 1.54) is 27.1 Å². The van der Waals surface area contributed by atoms with Crippen LogP contribution in [0.3, 0.4) is 0 Å². The van der Waals surface area contributed by atoms with Crippen molar-refractivity contribution in [3.05, 3.63) is 76.7 Å². The number of rotatable bonds is 3. The molecule has 3 aromatic rings. The van der Waals surface area contributed by atoms with Gasteiger partial charge in [-0.2, -0.15) is 0 Å². The summed E-state index contributed by atoms with van der Waals surface area (Å²) in [7, 11) is 0. The fourth-order valence-corrected chi connectivity index (χ4v) is 3.80. The van der Waals surface area contributed by atoms with Gasteiger partial charge in [-0.3, -0.25) is 0 Å². The Morgan fingerprint density at radius 3 is 1.60 bits per heavy atom. The summed E-state index contributed by atoms with van der Waals surface area (Å²) in [6.45, 7) is 4.25. The topological polar surface area (TPSA) is 3.24 Å². The molecule has 0 fully saturated rings. The maximum atomic E-state index is 2.36. The molecule has 20 heavy (non-hydrogen) atoms. The van der Waals surface area contributed by atoms with Gasteiger partial charge in [-0.25, -0.2) is 0 Å². The molecule has 1 heterocycles. The molecule has 2 heteroatoms. The summed E-state index contributed by atoms with van der Waals surface area (Å²) in [4.78, 5) is 4.62. The first-order valence-electron chi connectivity index (χ1n) is 6.71. The Hall–Kier alpha value is -1.76. The summed E-state index contributed by atoms with van der Waals surface area (Å²) in [6, 6.07) is 21.9. The SMILES string of the molecule is Cc1ccc(N(c2ccc(C)cc2)c2ccc[se]2)cc1. The van der Waals surface area contributed by atoms with E-state index < -0.39 is 0 Å². The van der Waals surface area contributed by atoms with Crippen LogP contribution in [0.25, 0.3) is 0 Å². The minimum atomic E-state index is 0.412. The first-order chi connectivity index (χ1) is 9.74. The number of hydrogen-bond donors (Lipinski definition) is 0. The third kappa shape index (κ3) is 2.72. The van der Waals surface area contributed by atoms with Gasteiger partial charge in [-0.1, -0.05) is 0 Å². The second-order valence-corrected chi connectivity index (χ2v) is 6.90. The van der Waals surface area contributed by atoms with Crippen molar-refractivity contribution in [1.29, 1.82) is 0 Å². The monoisotopic (exact) mass is 327 g/mol. The first kappa shape index (κ1) is 13.2. The summed E-state index contributed by atoms with van der Waals surface area (Å²) in [5.74, 6) is 0. The van der Waals surface area contributed by atoms with Gasteiger partial charge in [0.05, 0.1) is 0 Å². The molecule has 0 amide bonds. The van der Waals surface area contributed by atoms with E-state index in [9.17, 15) is 0 Å². The van der Waals surface area contributed by atoms with Crippen LogP contribution in [-0.2, 0) is 0 Å². The van der Waals surface area contributed by atoms with E-state index in [4.69, 9.17) is 0 Å². The van der Waals surface area contributed by atoms with Crippen LogP contribution >= 0.6 is 0 Å². The minimum absolute atomic E-state index is 0.412. The Morgan fingerprint density at radius 1 is 0.700 bits per heavy atom. The van der Waals surface area contributed by atoms with E-state index in [2.05, 4.69) is 84.4 Å². The third-order valence-corrected chi connectivity index (χ3v) is 5.10. The number of aryl methyl sites for hydroxylation is 2. The summed E-state index contributed by atoms with van der Waals surface area (Å²) < 4.78 is 1.38. The normalized spacial score (nSPS) is 10.5. The molecule has 0 radical (unpaired) electrons. The molecule has 2 aromatic carbocycles. The van der Waals surface area contributed by atoms with Gasteiger partial charge in [-0.15, -0.1) is 0 Å². The fraction of sp³-hybridized carbons (Fsp3) is 0.111. The molecule has 0 N–H and O–H groups in total. The summed E-state index contributed by atoms with van der Waals surface area (Å²) >= 11 is 0.412. The van der Waals surface area contributed by atoms with Crippen molar-refractivity contribution < 1.29 is 0 Å². The van der Waals surface area contributed by atoms with Crippen LogP contribution in [0.5, 0.6) is 0 Å². The molecule has 1 nitrogen and oxygen atoms in total. The molecular weight excluding hydrogens is 309 g/mol. The van der Waals surface area contributed by atoms with Gasteiger partial charge >= 0.3 is 126 Å². The molecule has 0 saturated heterocycles. The van der Waals surface area contributed by atoms with Crippen molar-refractivity contribution in [3.63, 3.8) is 0 Å². The number of anilines is 3. The molecule has 0 aliphatic carbocycles. The van der Waals surface area contributed by atoms with Gasteiger partial charge in [-0.05, 0) is 0 Å². The predicted molar refractivity (Wildman–Crippen MR) is 87.5 cm³/mol. The van der Waals surface area contributed by atoms with Crippen molar-refractivity contribution in [2.24, 2.45) is 0 Å². The summed E-state index contributed by atoms with van der Waals surface area (Å²) in [6.07, 6.45) is 0. The summed E-state index contributed by atoms with van der Waals surface area (Å²) in [5, 5.41) is 0. The zero-order valence-corrected chi connectivity index (χ0v) is 13.4. The van der Waals surface area contributed by atoms with Gasteiger partial charge in [0.1, 0.15) is 0 Å². The van der Waals surface area contributed by atoms with Crippen LogP contribution in [0.2, 0.25) is 0 Å². The van der Waals surface area contributed by atoms with Gasteiger partial charge < -0.3 is 0 Å². The van der Waals surface area contributed by atoms with Gasteiger partial charge in [0.25, 0.3) is 0 Å². The van der Waals surface area contributed by atoms with Crippen LogP contribution in [0.4, 0.5) is 15.9 Å². The van der Waals surface area contributed by atoms with E-state index >= 15 is 0 Å². The predicted octanol–water partition coefficient (Wildman–Crippen LogP) is 4.83. The molecule has 0 atom stereocenters. The fourth-order valence-electron chi connectivity index (χ4n) is 2.19. The first-order valence-corrected chi connectivity index (χ1v) is 8.55. The summed E-state index contributed by atoms with van der Waals surface area (Å²) in [5.41, 5.74) is 5.05. The Bertz CT molecular complexity index is 621. The Labute approximate surface area is 126 Å². The number of hydrogen-bond acceptors (Lipinski definition) is 1. The van der Waals surface area contributed by atoms with Crippen molar-refractivity contribution in [1.82, 2.24) is 0 Å². The third-order valence-electron chi connectivity index (χ3n) is 3.31. The second kappa shape index (κ2) is 5.70. The van der Waals surface area contributed by atoms with Gasteiger partial charge in [0, 0.05) is 0 Å². The van der Waals surface area contributed by atoms with Crippen molar-refractivity contribution in [3.8, 4) is 0 Å². The van der Waals surface area contributed by atoms with E-state index in [-0.39, 0.29) is 0 Å². The maximum absolute atomic E-state index is 2.36. The zero-order valence-electron chi connectivity index (χ0n) is 11.7. The van der Waals surface area contributed by atoms with E-state index in [1.54, 1.807) is 0 Å². The van der Waals surface area contributed by atoms with E-state index in [0.29, 0.717) is 14.5 Å². The van der Waals surface area contributed by atoms with Crippen LogP contribution < -0.4 is 4.90 Å². The number of benzene rings is 2. The Kier molecular flexibility index (Phi) is 3.77. The van der Waals surface area contributed by atoms with Crippen LogP contribution in [0, 0.1) is 13.8 Å². The van der Waals surface area contributed by atoms with Crippen LogP contribution in [-0.4, -0.2) is 14.5 Å².